The van der Waals surface area contributed by atoms with E-state index in [1.54, 1.807) is 44.2 Å². The summed E-state index contributed by atoms with van der Waals surface area (Å²) in [6.07, 6.45) is -2.81. The second-order valence-corrected chi connectivity index (χ2v) is 20.6. The normalized spacial score (nSPS) is 16.8. The van der Waals surface area contributed by atoms with E-state index in [4.69, 9.17) is 22.3 Å². The number of aliphatic imine (C=N–C) groups is 1. The Bertz CT molecular complexity index is 2510. The predicted octanol–water partition coefficient (Wildman–Crippen LogP) is -5.89. The second kappa shape index (κ2) is 35.5. The minimum atomic E-state index is -1.82. The van der Waals surface area contributed by atoms with Crippen LogP contribution in [0.1, 0.15) is 98.5 Å². The van der Waals surface area contributed by atoms with Crippen molar-refractivity contribution in [2.45, 2.75) is 166 Å². The number of carboxylic acids is 3. The van der Waals surface area contributed by atoms with E-state index in [-0.39, 0.29) is 51.2 Å². The molecule has 468 valence electrons. The third-order valence-electron chi connectivity index (χ3n) is 13.4. The summed E-state index contributed by atoms with van der Waals surface area (Å²) in [5.41, 5.74) is 16.7. The lowest BCUT2D eigenvalue weighted by Crippen LogP contribution is -2.63. The average Bonchev–Trinajstić information content (AvgIpc) is 4.00. The molecule has 10 amide bonds. The molecule has 20 N–H and O–H groups in total. The molecule has 1 saturated heterocycles. The van der Waals surface area contributed by atoms with Crippen LogP contribution in [0.3, 0.4) is 0 Å². The summed E-state index contributed by atoms with van der Waals surface area (Å²) in [5, 5.41) is 70.5. The molecule has 0 aromatic heterocycles. The van der Waals surface area contributed by atoms with Crippen molar-refractivity contribution in [2.24, 2.45) is 34.0 Å². The van der Waals surface area contributed by atoms with Crippen molar-refractivity contribution >= 4 is 82.9 Å². The number of benzene rings is 1. The SMILES string of the molecule is CC[C@H](C)[C@H](NC(=O)[C@H](CCC(=O)O)NC(=O)[C@@H](N)CC(=O)O)C(=O)N[C@H](C(=O)N[C@@H](Cc1ccccc1)C(=O)N[C@H](C(=O)N[C@@H](CO)C(=O)NCC(=O)N[C@@H](C)C(=O)N1CCC[C@H]1C(=O)N[C@@H](CCCN=C(N)N)C(=O)O)C(C)C)[C@@H](C)O. The fourth-order valence-electron chi connectivity index (χ4n) is 8.49. The minimum absolute atomic E-state index is 0.00813. The lowest BCUT2D eigenvalue weighted by Gasteiger charge is -2.30. The van der Waals surface area contributed by atoms with Crippen molar-refractivity contribution < 1.29 is 87.9 Å². The summed E-state index contributed by atoms with van der Waals surface area (Å²) >= 11 is 0. The summed E-state index contributed by atoms with van der Waals surface area (Å²) < 4.78 is 0. The van der Waals surface area contributed by atoms with Gasteiger partial charge in [0.1, 0.15) is 54.4 Å². The summed E-state index contributed by atoms with van der Waals surface area (Å²) in [4.78, 5) is 175. The lowest BCUT2D eigenvalue weighted by atomic mass is 9.96. The minimum Gasteiger partial charge on any atom is -0.481 e. The van der Waals surface area contributed by atoms with Crippen LogP contribution in [0.2, 0.25) is 0 Å². The third-order valence-corrected chi connectivity index (χ3v) is 13.4. The summed E-state index contributed by atoms with van der Waals surface area (Å²) in [6.45, 7) is 7.20. The topological polar surface area (TPSA) is 525 Å². The van der Waals surface area contributed by atoms with E-state index in [9.17, 15) is 82.8 Å². The number of hydrogen-bond donors (Lipinski definition) is 17. The van der Waals surface area contributed by atoms with Crippen molar-refractivity contribution in [3.63, 3.8) is 0 Å². The zero-order valence-electron chi connectivity index (χ0n) is 47.8. The van der Waals surface area contributed by atoms with E-state index in [1.807, 2.05) is 0 Å². The number of rotatable bonds is 36. The van der Waals surface area contributed by atoms with Crippen LogP contribution >= 0.6 is 0 Å². The Morgan fingerprint density at radius 1 is 0.667 bits per heavy atom. The number of hydrogen-bond acceptors (Lipinski definition) is 17. The van der Waals surface area contributed by atoms with Crippen LogP contribution in [0.4, 0.5) is 0 Å². The second-order valence-electron chi connectivity index (χ2n) is 20.6. The van der Waals surface area contributed by atoms with Crippen molar-refractivity contribution in [1.29, 1.82) is 0 Å². The number of aliphatic hydroxyl groups excluding tert-OH is 2. The van der Waals surface area contributed by atoms with Gasteiger partial charge in [-0.2, -0.15) is 0 Å². The van der Waals surface area contributed by atoms with Crippen molar-refractivity contribution in [2.75, 3.05) is 26.2 Å². The number of aliphatic hydroxyl groups is 2. The maximum Gasteiger partial charge on any atom is 0.326 e. The number of amides is 10. The van der Waals surface area contributed by atoms with E-state index >= 15 is 0 Å². The molecule has 0 unspecified atom stereocenters. The number of guanidine groups is 1. The monoisotopic (exact) mass is 1190 g/mol. The number of likely N-dealkylation sites (tertiary alicyclic amines) is 1. The average molecular weight is 1190 g/mol. The number of aliphatic carboxylic acids is 3. The highest BCUT2D eigenvalue weighted by atomic mass is 16.4. The quantitative estimate of drug-likeness (QED) is 0.0169. The molecule has 1 aliphatic rings. The van der Waals surface area contributed by atoms with Gasteiger partial charge in [-0.05, 0) is 63.4 Å². The zero-order valence-corrected chi connectivity index (χ0v) is 47.8. The highest BCUT2D eigenvalue weighted by Gasteiger charge is 2.40. The Kier molecular flexibility index (Phi) is 30.2. The molecule has 84 heavy (non-hydrogen) atoms. The van der Waals surface area contributed by atoms with Gasteiger partial charge in [0.05, 0.1) is 31.7 Å². The first-order valence-corrected chi connectivity index (χ1v) is 27.2. The molecule has 1 aliphatic heterocycles. The van der Waals surface area contributed by atoms with Gasteiger partial charge in [-0.1, -0.05) is 64.4 Å². The van der Waals surface area contributed by atoms with Gasteiger partial charge >= 0.3 is 17.9 Å². The highest BCUT2D eigenvalue weighted by molar-refractivity contribution is 5.99. The molecule has 0 spiro atoms. The molecule has 32 heteroatoms. The highest BCUT2D eigenvalue weighted by Crippen LogP contribution is 2.20. The van der Waals surface area contributed by atoms with E-state index in [0.717, 1.165) is 6.92 Å². The fraction of sp³-hybridized carbons (Fsp3) is 0.615. The van der Waals surface area contributed by atoms with Crippen LogP contribution in [0, 0.1) is 11.8 Å². The number of nitrogens with one attached hydrogen (secondary N) is 9. The van der Waals surface area contributed by atoms with Gasteiger partial charge in [0.15, 0.2) is 5.96 Å². The Hall–Kier alpha value is -8.52. The molecule has 12 atom stereocenters. The Labute approximate surface area is 484 Å². The molecule has 0 bridgehead atoms. The number of carbonyl (C=O) groups is 13. The van der Waals surface area contributed by atoms with Crippen molar-refractivity contribution in [3.05, 3.63) is 35.9 Å². The van der Waals surface area contributed by atoms with Gasteiger partial charge in [0.2, 0.25) is 59.1 Å². The zero-order chi connectivity index (χ0) is 63.5. The van der Waals surface area contributed by atoms with Gasteiger partial charge in [0.25, 0.3) is 0 Å². The Balaban J connectivity index is 2.22. The van der Waals surface area contributed by atoms with E-state index in [1.165, 1.54) is 25.7 Å². The van der Waals surface area contributed by atoms with Crippen LogP contribution in [0.15, 0.2) is 35.3 Å². The molecule has 1 aromatic carbocycles. The molecular weight excluding hydrogens is 1110 g/mol. The van der Waals surface area contributed by atoms with Gasteiger partial charge in [-0.3, -0.25) is 62.5 Å². The van der Waals surface area contributed by atoms with E-state index < -0.39 is 188 Å². The maximum absolute atomic E-state index is 14.2. The first-order chi connectivity index (χ1) is 39.4. The van der Waals surface area contributed by atoms with E-state index in [0.29, 0.717) is 12.0 Å². The van der Waals surface area contributed by atoms with Crippen LogP contribution in [-0.4, -0.2) is 206 Å². The molecule has 0 aliphatic carbocycles. The van der Waals surface area contributed by atoms with E-state index in [2.05, 4.69) is 52.8 Å². The number of nitrogens with zero attached hydrogens (tertiary/aromatic N) is 2. The molecule has 0 saturated carbocycles. The number of nitrogens with two attached hydrogens (primary N) is 3. The van der Waals surface area contributed by atoms with Gasteiger partial charge in [0, 0.05) is 25.9 Å². The molecule has 1 fully saturated rings. The predicted molar refractivity (Wildman–Crippen MR) is 297 cm³/mol. The maximum atomic E-state index is 14.2. The largest absolute Gasteiger partial charge is 0.481 e. The fourth-order valence-corrected chi connectivity index (χ4v) is 8.49. The molecular formula is C52H82N14O18. The third kappa shape index (κ3) is 24.1. The van der Waals surface area contributed by atoms with Crippen molar-refractivity contribution in [3.8, 4) is 0 Å². The Morgan fingerprint density at radius 2 is 1.24 bits per heavy atom. The molecule has 2 rings (SSSR count). The van der Waals surface area contributed by atoms with Crippen LogP contribution < -0.4 is 65.1 Å². The van der Waals surface area contributed by atoms with Gasteiger partial charge < -0.3 is 95.5 Å². The molecule has 1 heterocycles. The summed E-state index contributed by atoms with van der Waals surface area (Å²) in [7, 11) is 0. The lowest BCUT2D eigenvalue weighted by molar-refractivity contribution is -0.145. The van der Waals surface area contributed by atoms with Crippen LogP contribution in [0.5, 0.6) is 0 Å². The number of carbonyl (C=O) groups excluding carboxylic acids is 10. The number of carboxylic acid groups (broad SMARTS) is 3. The van der Waals surface area contributed by atoms with Crippen LogP contribution in [0.25, 0.3) is 0 Å². The summed E-state index contributed by atoms with van der Waals surface area (Å²) in [6, 6.07) is -6.66. The first kappa shape index (κ1) is 71.6. The van der Waals surface area contributed by atoms with Gasteiger partial charge in [-0.25, -0.2) is 4.79 Å². The Morgan fingerprint density at radius 3 is 1.80 bits per heavy atom. The first-order valence-electron chi connectivity index (χ1n) is 27.2. The van der Waals surface area contributed by atoms with Gasteiger partial charge in [-0.15, -0.1) is 0 Å². The standard InChI is InChI=1S/C52H82N14O18/c1-7-26(4)40(64-44(76)31(17-18-37(70)71)59-42(74)30(53)22-38(72)73)48(80)65-41(28(6)68)49(81)61-33(21-29-13-9-8-10-14-29)45(77)63-39(25(2)3)47(79)62-34(24-67)43(75)57-23-36(69)58-27(5)50(82)66-20-12-16-35(66)46(78)60-32(51(83)84)15-11-19-56-52(54)55/h8-10,13-14,25-28,30-35,39-41,67-68H,7,11-12,15-24,53H2,1-6H3,(H,57,75)(H,58,69)(H,59,74)(H,60,78)(H,61,81)(H,62,79)(H,63,77)(H,64,76)(H,65,80)(H,70,71)(H,72,73)(H,83,84)(H4,54,55,56)/t26-,27-,28+,30-,31-,32-,33-,34-,35-,39-,40-,41-/m0/s1. The molecule has 1 aromatic rings. The molecule has 32 nitrogen and oxygen atoms in total. The molecule has 0 radical (unpaired) electrons. The van der Waals surface area contributed by atoms with Crippen molar-refractivity contribution in [1.82, 2.24) is 52.8 Å². The smallest absolute Gasteiger partial charge is 0.326 e. The van der Waals surface area contributed by atoms with Crippen LogP contribution in [-0.2, 0) is 68.7 Å². The summed E-state index contributed by atoms with van der Waals surface area (Å²) in [5.74, 6) is -15.3.